The molecule has 10 fully saturated rings. The van der Waals surface area contributed by atoms with E-state index in [1.807, 2.05) is 0 Å². The monoisotopic (exact) mass is 632 g/mol. The van der Waals surface area contributed by atoms with Crippen LogP contribution in [0.1, 0.15) is 142 Å². The lowest BCUT2D eigenvalue weighted by Crippen LogP contribution is -2.63. The highest BCUT2D eigenvalue weighted by molar-refractivity contribution is 7.60. The molecule has 0 radical (unpaired) electrons. The van der Waals surface area contributed by atoms with Gasteiger partial charge >= 0.3 is 0 Å². The fourth-order valence-corrected chi connectivity index (χ4v) is 22.7. The maximum absolute atomic E-state index is 4.03. The SMILES string of the molecule is CC12CC3CC(C)(C1)CC(P(Cc1ccccc1C(P)(C1CCCN1)C1CCCN1)C14CC5CC(C)(CC(C)(C5)C1)C4)(C3)C2. The average Bonchev–Trinajstić information content (AvgIpc) is 3.63. The number of nitrogens with one attached hydrogen (secondary N) is 2. The Balaban J connectivity index is 1.19. The molecule has 1 aromatic rings. The highest BCUT2D eigenvalue weighted by Crippen LogP contribution is 2.84. The molecule has 2 nitrogen and oxygen atoms in total. The minimum Gasteiger partial charge on any atom is -0.313 e. The van der Waals surface area contributed by atoms with Crippen molar-refractivity contribution in [2.75, 3.05) is 13.1 Å². The second-order valence-electron chi connectivity index (χ2n) is 20.2. The van der Waals surface area contributed by atoms with Gasteiger partial charge in [0.1, 0.15) is 0 Å². The van der Waals surface area contributed by atoms with Gasteiger partial charge < -0.3 is 10.6 Å². The van der Waals surface area contributed by atoms with Crippen molar-refractivity contribution in [3.05, 3.63) is 35.4 Å². The number of hydrogen-bond donors (Lipinski definition) is 2. The summed E-state index contributed by atoms with van der Waals surface area (Å²) in [6.07, 6.45) is 25.2. The summed E-state index contributed by atoms with van der Waals surface area (Å²) in [6, 6.07) is 11.2. The van der Waals surface area contributed by atoms with Crippen LogP contribution in [-0.2, 0) is 11.3 Å². The van der Waals surface area contributed by atoms with Crippen LogP contribution in [0.2, 0.25) is 0 Å². The molecule has 2 saturated heterocycles. The molecule has 0 aromatic heterocycles. The maximum Gasteiger partial charge on any atom is 0.0405 e. The molecule has 8 bridgehead atoms. The Bertz CT molecular complexity index is 1200. The zero-order valence-electron chi connectivity index (χ0n) is 28.6. The Labute approximate surface area is 273 Å². The van der Waals surface area contributed by atoms with Crippen molar-refractivity contribution in [1.29, 1.82) is 0 Å². The van der Waals surface area contributed by atoms with E-state index in [9.17, 15) is 0 Å². The summed E-state index contributed by atoms with van der Waals surface area (Å²) in [5, 5.41) is 9.36. The van der Waals surface area contributed by atoms with Crippen LogP contribution in [0.4, 0.5) is 0 Å². The first kappa shape index (κ1) is 30.1. The summed E-state index contributed by atoms with van der Waals surface area (Å²) in [7, 11) is 3.40. The van der Waals surface area contributed by atoms with Gasteiger partial charge in [-0.1, -0.05) is 59.9 Å². The Morgan fingerprint density at radius 2 is 1.14 bits per heavy atom. The van der Waals surface area contributed by atoms with Gasteiger partial charge in [0.25, 0.3) is 0 Å². The molecule has 8 aliphatic carbocycles. The molecule has 2 aliphatic heterocycles. The zero-order valence-corrected chi connectivity index (χ0v) is 30.6. The molecule has 8 saturated carbocycles. The molecule has 0 spiro atoms. The van der Waals surface area contributed by atoms with E-state index < -0.39 is 0 Å². The first-order valence-electron chi connectivity index (χ1n) is 19.0. The van der Waals surface area contributed by atoms with Crippen LogP contribution in [0.25, 0.3) is 0 Å². The summed E-state index contributed by atoms with van der Waals surface area (Å²) >= 11 is 0. The van der Waals surface area contributed by atoms with Gasteiger partial charge in [0.2, 0.25) is 0 Å². The van der Waals surface area contributed by atoms with Crippen LogP contribution in [0.3, 0.4) is 0 Å². The molecule has 1 aromatic carbocycles. The Hall–Kier alpha value is -0.0000000000000000416. The van der Waals surface area contributed by atoms with Crippen molar-refractivity contribution in [2.45, 2.75) is 164 Å². The smallest absolute Gasteiger partial charge is 0.0405 e. The third-order valence-corrected chi connectivity index (χ3v) is 20.5. The van der Waals surface area contributed by atoms with E-state index in [0.29, 0.717) is 44.1 Å². The van der Waals surface area contributed by atoms with Crippen LogP contribution in [-0.4, -0.2) is 35.5 Å². The van der Waals surface area contributed by atoms with E-state index >= 15 is 0 Å². The normalized spacial score (nSPS) is 52.5. The van der Waals surface area contributed by atoms with Gasteiger partial charge in [0.15, 0.2) is 0 Å². The summed E-state index contributed by atoms with van der Waals surface area (Å²) in [6.45, 7) is 13.4. The topological polar surface area (TPSA) is 24.1 Å². The van der Waals surface area contributed by atoms with Crippen molar-refractivity contribution in [1.82, 2.24) is 10.6 Å². The Morgan fingerprint density at radius 3 is 1.55 bits per heavy atom. The van der Waals surface area contributed by atoms with E-state index in [1.54, 1.807) is 49.7 Å². The van der Waals surface area contributed by atoms with Crippen LogP contribution in [0.5, 0.6) is 0 Å². The van der Waals surface area contributed by atoms with E-state index in [1.165, 1.54) is 83.5 Å². The molecule has 7 unspecified atom stereocenters. The highest BCUT2D eigenvalue weighted by atomic mass is 31.1. The molecule has 0 amide bonds. The minimum absolute atomic E-state index is 0.0868. The zero-order chi connectivity index (χ0) is 30.2. The van der Waals surface area contributed by atoms with Gasteiger partial charge in [-0.3, -0.25) is 0 Å². The van der Waals surface area contributed by atoms with Gasteiger partial charge in [-0.25, -0.2) is 0 Å². The first-order chi connectivity index (χ1) is 20.9. The Morgan fingerprint density at radius 1 is 0.682 bits per heavy atom. The van der Waals surface area contributed by atoms with Crippen LogP contribution >= 0.6 is 17.2 Å². The lowest BCUT2D eigenvalue weighted by atomic mass is 9.44. The lowest BCUT2D eigenvalue weighted by molar-refractivity contribution is -0.0922. The first-order valence-corrected chi connectivity index (χ1v) is 21.1. The molecule has 4 heteroatoms. The Kier molecular flexibility index (Phi) is 6.70. The van der Waals surface area contributed by atoms with Gasteiger partial charge in [-0.2, -0.15) is 0 Å². The van der Waals surface area contributed by atoms with Gasteiger partial charge in [-0.05, 0) is 177 Å². The molecule has 7 atom stereocenters. The van der Waals surface area contributed by atoms with Gasteiger partial charge in [-0.15, -0.1) is 9.24 Å². The van der Waals surface area contributed by atoms with E-state index in [-0.39, 0.29) is 13.1 Å². The van der Waals surface area contributed by atoms with Crippen LogP contribution < -0.4 is 10.6 Å². The fourth-order valence-electron chi connectivity index (χ4n) is 16.3. The van der Waals surface area contributed by atoms with Crippen LogP contribution in [0, 0.1) is 33.5 Å². The highest BCUT2D eigenvalue weighted by Gasteiger charge is 2.69. The van der Waals surface area contributed by atoms with Gasteiger partial charge in [0.05, 0.1) is 0 Å². The minimum atomic E-state index is -0.150. The summed E-state index contributed by atoms with van der Waals surface area (Å²) in [5.74, 6) is 1.99. The van der Waals surface area contributed by atoms with E-state index in [2.05, 4.69) is 71.8 Å². The number of hydrogen-bond acceptors (Lipinski definition) is 2. The molecular weight excluding hydrogens is 570 g/mol. The molecule has 44 heavy (non-hydrogen) atoms. The van der Waals surface area contributed by atoms with Crippen molar-refractivity contribution in [2.24, 2.45) is 33.5 Å². The summed E-state index contributed by atoms with van der Waals surface area (Å²) in [5.41, 5.74) is 5.83. The molecule has 2 heterocycles. The third kappa shape index (κ3) is 4.52. The van der Waals surface area contributed by atoms with Gasteiger partial charge in [0, 0.05) is 17.2 Å². The quantitative estimate of drug-likeness (QED) is 0.293. The predicted octanol–water partition coefficient (Wildman–Crippen LogP) is 9.74. The molecule has 10 aliphatic rings. The molecule has 11 rings (SSSR count). The van der Waals surface area contributed by atoms with Crippen molar-refractivity contribution >= 4 is 17.2 Å². The largest absolute Gasteiger partial charge is 0.313 e. The number of rotatable bonds is 7. The second-order valence-corrected chi connectivity index (χ2v) is 24.2. The number of benzene rings is 1. The summed E-state index contributed by atoms with van der Waals surface area (Å²) in [4.78, 5) is 0. The van der Waals surface area contributed by atoms with E-state index in [0.717, 1.165) is 11.8 Å². The predicted molar refractivity (Wildman–Crippen MR) is 191 cm³/mol. The molecule has 2 N–H and O–H groups in total. The average molecular weight is 633 g/mol. The fraction of sp³-hybridized carbons (Fsp3) is 0.850. The van der Waals surface area contributed by atoms with Crippen molar-refractivity contribution < 1.29 is 0 Å². The molecule has 242 valence electrons. The maximum atomic E-state index is 4.03. The lowest BCUT2D eigenvalue weighted by Gasteiger charge is -2.73. The third-order valence-electron chi connectivity index (χ3n) is 15.4. The summed E-state index contributed by atoms with van der Waals surface area (Å²) < 4.78 is 0. The van der Waals surface area contributed by atoms with E-state index in [4.69, 9.17) is 0 Å². The molecular formula is C40H62N2P2. The van der Waals surface area contributed by atoms with Crippen molar-refractivity contribution in [3.8, 4) is 0 Å². The van der Waals surface area contributed by atoms with Crippen molar-refractivity contribution in [3.63, 3.8) is 0 Å². The van der Waals surface area contributed by atoms with Crippen LogP contribution in [0.15, 0.2) is 24.3 Å². The standard InChI is InChI=1S/C40H62N2P2/c1-34-15-28-16-35(2,22-34)25-38(19-28,24-34)44(39-20-29-17-36(3,26-39)23-37(4,18-29)27-39)21-30-9-5-6-10-31(30)40(43,32-11-7-13-41-32)33-12-8-14-42-33/h5-6,9-10,28-29,32-33,41-42H,7-8,11-27,43H2,1-4H3. The second kappa shape index (κ2) is 9.79.